The Morgan fingerprint density at radius 3 is 1.02 bits per heavy atom. The quantitative estimate of drug-likeness (QED) is 0.0361. The van der Waals surface area contributed by atoms with Crippen LogP contribution in [0.5, 0.6) is 0 Å². The van der Waals surface area contributed by atoms with E-state index in [0.29, 0.717) is 0 Å². The number of hydrogen-bond acceptors (Lipinski definition) is 2. The molecule has 2 nitrogen and oxygen atoms in total. The summed E-state index contributed by atoms with van der Waals surface area (Å²) in [5.41, 5.74) is 5.80. The minimum absolute atomic E-state index is 0. The SMILES string of the molecule is CCCCCCCC=CC(C=Nc1ccc(CCCCCCCCCCCCCCCCC)cc1)=Nc1ccc(CCCCCCCCCCCCCCCCC)cc1.[Ni]. The van der Waals surface area contributed by atoms with E-state index >= 15 is 0 Å². The van der Waals surface area contributed by atoms with Gasteiger partial charge in [-0.25, -0.2) is 4.99 Å². The summed E-state index contributed by atoms with van der Waals surface area (Å²) in [6, 6.07) is 17.9. The second-order valence-corrected chi connectivity index (χ2v) is 18.1. The molecule has 0 aromatic heterocycles. The van der Waals surface area contributed by atoms with Crippen molar-refractivity contribution in [2.75, 3.05) is 0 Å². The van der Waals surface area contributed by atoms with Crippen LogP contribution in [0.2, 0.25) is 0 Å². The molecule has 0 aliphatic heterocycles. The molecule has 0 amide bonds. The molecule has 2 aromatic rings. The zero-order chi connectivity index (χ0) is 41.9. The smallest absolute Gasteiger partial charge is 0.0816 e. The molecule has 0 aliphatic carbocycles. The predicted octanol–water partition coefficient (Wildman–Crippen LogP) is 19.9. The molecule has 3 heteroatoms. The molecule has 0 atom stereocenters. The van der Waals surface area contributed by atoms with Crippen molar-refractivity contribution >= 4 is 23.3 Å². The molecule has 0 aliphatic rings. The van der Waals surface area contributed by atoms with Gasteiger partial charge in [-0.2, -0.15) is 0 Å². The summed E-state index contributed by atoms with van der Waals surface area (Å²) in [5, 5.41) is 0. The zero-order valence-electron chi connectivity index (χ0n) is 39.9. The number of nitrogens with zero attached hydrogens (tertiary/aromatic N) is 2. The Kier molecular flexibility index (Phi) is 40.8. The summed E-state index contributed by atoms with van der Waals surface area (Å²) >= 11 is 0. The molecule has 0 radical (unpaired) electrons. The van der Waals surface area contributed by atoms with Crippen LogP contribution in [0.1, 0.15) is 263 Å². The maximum absolute atomic E-state index is 5.04. The molecular formula is C57H96N2Ni. The van der Waals surface area contributed by atoms with Crippen LogP contribution in [0.4, 0.5) is 11.4 Å². The van der Waals surface area contributed by atoms with Crippen molar-refractivity contribution in [3.05, 3.63) is 71.8 Å². The normalized spacial score (nSPS) is 11.9. The van der Waals surface area contributed by atoms with Gasteiger partial charge in [0.05, 0.1) is 23.3 Å². The van der Waals surface area contributed by atoms with Crippen molar-refractivity contribution in [1.82, 2.24) is 0 Å². The van der Waals surface area contributed by atoms with E-state index in [-0.39, 0.29) is 16.5 Å². The molecule has 0 fully saturated rings. The Balaban J connectivity index is 0.0000180. The van der Waals surface area contributed by atoms with Gasteiger partial charge in [-0.05, 0) is 80.0 Å². The van der Waals surface area contributed by atoms with Gasteiger partial charge in [-0.3, -0.25) is 4.99 Å². The van der Waals surface area contributed by atoms with Gasteiger partial charge < -0.3 is 0 Å². The minimum atomic E-state index is 0. The van der Waals surface area contributed by atoms with Gasteiger partial charge in [0.1, 0.15) is 0 Å². The van der Waals surface area contributed by atoms with Crippen molar-refractivity contribution in [2.45, 2.75) is 265 Å². The molecule has 2 aromatic carbocycles. The third-order valence-electron chi connectivity index (χ3n) is 12.4. The van der Waals surface area contributed by atoms with Crippen molar-refractivity contribution in [1.29, 1.82) is 0 Å². The van der Waals surface area contributed by atoms with Gasteiger partial charge in [0.15, 0.2) is 0 Å². The number of aryl methyl sites for hydroxylation is 2. The van der Waals surface area contributed by atoms with E-state index in [1.165, 1.54) is 249 Å². The van der Waals surface area contributed by atoms with Gasteiger partial charge in [0.25, 0.3) is 0 Å². The first-order valence-corrected chi connectivity index (χ1v) is 26.2. The number of allylic oxidation sites excluding steroid dienone is 2. The first-order valence-electron chi connectivity index (χ1n) is 26.2. The first kappa shape index (κ1) is 56.0. The van der Waals surface area contributed by atoms with Gasteiger partial charge in [-0.15, -0.1) is 0 Å². The molecule has 0 saturated heterocycles. The standard InChI is InChI=1S/C57H96N2.Ni/c1-4-7-10-13-16-18-20-22-24-26-28-30-33-35-38-41-53-44-48-55(49-45-53)58-52-57(43-40-37-32-15-12-9-6-3)59-56-50-46-54(47-51-56)42-39-36-34-31-29-27-25-23-21-19-17-14-11-8-5-2;/h40,43-52H,4-39,41-42H2,1-3H3;. The van der Waals surface area contributed by atoms with Crippen molar-refractivity contribution in [3.8, 4) is 0 Å². The monoisotopic (exact) mass is 867 g/mol. The second-order valence-electron chi connectivity index (χ2n) is 18.1. The first-order chi connectivity index (χ1) is 29.2. The maximum Gasteiger partial charge on any atom is 0.0816 e. The summed E-state index contributed by atoms with van der Waals surface area (Å²) in [5.74, 6) is 0. The largest absolute Gasteiger partial charge is 0.255 e. The van der Waals surface area contributed by atoms with Gasteiger partial charge >= 0.3 is 0 Å². The average Bonchev–Trinajstić information content (AvgIpc) is 3.26. The number of benzene rings is 2. The van der Waals surface area contributed by atoms with Crippen LogP contribution in [0.15, 0.2) is 70.7 Å². The van der Waals surface area contributed by atoms with Crippen LogP contribution in [-0.4, -0.2) is 11.9 Å². The third-order valence-corrected chi connectivity index (χ3v) is 12.4. The van der Waals surface area contributed by atoms with E-state index in [0.717, 1.165) is 23.5 Å². The summed E-state index contributed by atoms with van der Waals surface area (Å²) in [6.07, 6.45) is 58.9. The van der Waals surface area contributed by atoms with Gasteiger partial charge in [0, 0.05) is 16.5 Å². The number of unbranched alkanes of at least 4 members (excludes halogenated alkanes) is 33. The fourth-order valence-corrected chi connectivity index (χ4v) is 8.36. The molecule has 2 rings (SSSR count). The molecule has 0 saturated carbocycles. The Bertz CT molecular complexity index is 1260. The van der Waals surface area contributed by atoms with E-state index in [9.17, 15) is 0 Å². The third kappa shape index (κ3) is 34.6. The fourth-order valence-electron chi connectivity index (χ4n) is 8.36. The molecule has 60 heavy (non-hydrogen) atoms. The summed E-state index contributed by atoms with van der Waals surface area (Å²) in [7, 11) is 0. The number of aliphatic imine (C=N–C) groups is 2. The van der Waals surface area contributed by atoms with E-state index in [2.05, 4.69) is 81.5 Å². The Morgan fingerprint density at radius 1 is 0.367 bits per heavy atom. The Morgan fingerprint density at radius 2 is 0.667 bits per heavy atom. The summed E-state index contributed by atoms with van der Waals surface area (Å²) in [6.45, 7) is 6.89. The molecule has 344 valence electrons. The zero-order valence-corrected chi connectivity index (χ0v) is 40.9. The van der Waals surface area contributed by atoms with Crippen molar-refractivity contribution in [2.24, 2.45) is 9.98 Å². The van der Waals surface area contributed by atoms with Crippen LogP contribution in [0, 0.1) is 0 Å². The topological polar surface area (TPSA) is 24.7 Å². The van der Waals surface area contributed by atoms with Gasteiger partial charge in [-0.1, -0.05) is 257 Å². The van der Waals surface area contributed by atoms with Crippen LogP contribution < -0.4 is 0 Å². The van der Waals surface area contributed by atoms with Crippen molar-refractivity contribution in [3.63, 3.8) is 0 Å². The maximum atomic E-state index is 5.04. The van der Waals surface area contributed by atoms with Crippen LogP contribution >= 0.6 is 0 Å². The number of hydrogen-bond donors (Lipinski definition) is 0. The Labute approximate surface area is 384 Å². The van der Waals surface area contributed by atoms with Crippen LogP contribution in [-0.2, 0) is 29.3 Å². The molecule has 0 bridgehead atoms. The molecular weight excluding hydrogens is 771 g/mol. The van der Waals surface area contributed by atoms with E-state index < -0.39 is 0 Å². The van der Waals surface area contributed by atoms with E-state index in [1.54, 1.807) is 0 Å². The molecule has 0 heterocycles. The van der Waals surface area contributed by atoms with Crippen LogP contribution in [0.3, 0.4) is 0 Å². The Hall–Kier alpha value is -1.99. The average molecular weight is 868 g/mol. The summed E-state index contributed by atoms with van der Waals surface area (Å²) < 4.78 is 0. The molecule has 0 spiro atoms. The molecule has 0 unspecified atom stereocenters. The molecule has 0 N–H and O–H groups in total. The van der Waals surface area contributed by atoms with E-state index in [4.69, 9.17) is 9.98 Å². The number of rotatable bonds is 42. The van der Waals surface area contributed by atoms with Gasteiger partial charge in [0.2, 0.25) is 0 Å². The fraction of sp³-hybridized carbons (Fsp3) is 0.719. The summed E-state index contributed by atoms with van der Waals surface area (Å²) in [4.78, 5) is 9.92. The van der Waals surface area contributed by atoms with E-state index in [1.807, 2.05) is 6.21 Å². The minimum Gasteiger partial charge on any atom is -0.255 e. The van der Waals surface area contributed by atoms with Crippen molar-refractivity contribution < 1.29 is 16.5 Å². The van der Waals surface area contributed by atoms with Crippen LogP contribution in [0.25, 0.3) is 0 Å². The second kappa shape index (κ2) is 43.7. The predicted molar refractivity (Wildman–Crippen MR) is 268 cm³/mol.